The molecular formula is C23H23NO5. The molecule has 2 aromatic carbocycles. The van der Waals surface area contributed by atoms with Crippen LogP contribution in [0.15, 0.2) is 52.9 Å². The molecule has 1 aliphatic carbocycles. The second-order valence-corrected chi connectivity index (χ2v) is 7.56. The number of hydrogen-bond donors (Lipinski definition) is 2. The molecule has 4 rings (SSSR count). The Bertz CT molecular complexity index is 1070. The van der Waals surface area contributed by atoms with Gasteiger partial charge in [-0.1, -0.05) is 30.3 Å². The maximum absolute atomic E-state index is 12.9. The summed E-state index contributed by atoms with van der Waals surface area (Å²) < 4.78 is 11.8. The van der Waals surface area contributed by atoms with Gasteiger partial charge in [0.2, 0.25) is 0 Å². The SMILES string of the molecule is Cc1oc2ccc(OC(C)c3ccccc3)cc2c1C(=O)NC1(C(=O)O)CCC1. The first-order chi connectivity index (χ1) is 13.9. The molecule has 150 valence electrons. The van der Waals surface area contributed by atoms with Crippen molar-refractivity contribution in [1.82, 2.24) is 5.32 Å². The van der Waals surface area contributed by atoms with E-state index in [1.807, 2.05) is 37.3 Å². The second-order valence-electron chi connectivity index (χ2n) is 7.56. The summed E-state index contributed by atoms with van der Waals surface area (Å²) in [5.41, 5.74) is 0.779. The van der Waals surface area contributed by atoms with Crippen LogP contribution in [0, 0.1) is 6.92 Å². The van der Waals surface area contributed by atoms with Crippen molar-refractivity contribution in [2.24, 2.45) is 0 Å². The van der Waals surface area contributed by atoms with Gasteiger partial charge >= 0.3 is 5.97 Å². The molecule has 6 heteroatoms. The van der Waals surface area contributed by atoms with Gasteiger partial charge in [-0.3, -0.25) is 4.79 Å². The van der Waals surface area contributed by atoms with Crippen molar-refractivity contribution in [3.8, 4) is 5.75 Å². The molecule has 1 fully saturated rings. The highest BCUT2D eigenvalue weighted by Crippen LogP contribution is 2.35. The van der Waals surface area contributed by atoms with Crippen molar-refractivity contribution in [1.29, 1.82) is 0 Å². The Morgan fingerprint density at radius 3 is 2.52 bits per heavy atom. The fourth-order valence-corrected chi connectivity index (χ4v) is 3.75. The summed E-state index contributed by atoms with van der Waals surface area (Å²) in [5.74, 6) is -0.370. The van der Waals surface area contributed by atoms with E-state index in [1.165, 1.54) is 0 Å². The highest BCUT2D eigenvalue weighted by molar-refractivity contribution is 6.09. The molecule has 0 bridgehead atoms. The molecule has 29 heavy (non-hydrogen) atoms. The van der Waals surface area contributed by atoms with Gasteiger partial charge < -0.3 is 19.6 Å². The number of carboxylic acid groups (broad SMARTS) is 1. The van der Waals surface area contributed by atoms with Crippen LogP contribution >= 0.6 is 0 Å². The molecule has 0 saturated heterocycles. The third kappa shape index (κ3) is 3.46. The molecule has 1 aliphatic rings. The molecule has 2 N–H and O–H groups in total. The zero-order valence-electron chi connectivity index (χ0n) is 16.4. The summed E-state index contributed by atoms with van der Waals surface area (Å²) in [6.45, 7) is 3.66. The van der Waals surface area contributed by atoms with Crippen molar-refractivity contribution in [2.45, 2.75) is 44.8 Å². The lowest BCUT2D eigenvalue weighted by molar-refractivity contribution is -0.148. The van der Waals surface area contributed by atoms with Gasteiger partial charge in [0.15, 0.2) is 0 Å². The number of rotatable bonds is 6. The summed E-state index contributed by atoms with van der Waals surface area (Å²) in [4.78, 5) is 24.5. The highest BCUT2D eigenvalue weighted by atomic mass is 16.5. The van der Waals surface area contributed by atoms with Crippen molar-refractivity contribution in [3.63, 3.8) is 0 Å². The van der Waals surface area contributed by atoms with E-state index >= 15 is 0 Å². The number of carboxylic acids is 1. The summed E-state index contributed by atoms with van der Waals surface area (Å²) in [7, 11) is 0. The van der Waals surface area contributed by atoms with Crippen LogP contribution in [0.2, 0.25) is 0 Å². The highest BCUT2D eigenvalue weighted by Gasteiger charge is 2.46. The molecule has 0 spiro atoms. The number of fused-ring (bicyclic) bond motifs is 1. The van der Waals surface area contributed by atoms with Crippen molar-refractivity contribution in [3.05, 3.63) is 65.4 Å². The molecule has 0 aliphatic heterocycles. The van der Waals surface area contributed by atoms with E-state index in [2.05, 4.69) is 5.32 Å². The normalized spacial score (nSPS) is 16.1. The minimum Gasteiger partial charge on any atom is -0.486 e. The van der Waals surface area contributed by atoms with Crippen LogP contribution in [0.4, 0.5) is 0 Å². The van der Waals surface area contributed by atoms with Gasteiger partial charge in [0.1, 0.15) is 28.7 Å². The maximum Gasteiger partial charge on any atom is 0.329 e. The van der Waals surface area contributed by atoms with E-state index in [0.717, 1.165) is 12.0 Å². The number of benzene rings is 2. The Hall–Kier alpha value is -3.28. The first-order valence-corrected chi connectivity index (χ1v) is 9.70. The van der Waals surface area contributed by atoms with Crippen LogP contribution in [0.1, 0.15) is 54.0 Å². The zero-order valence-corrected chi connectivity index (χ0v) is 16.4. The molecule has 3 aromatic rings. The largest absolute Gasteiger partial charge is 0.486 e. The first-order valence-electron chi connectivity index (χ1n) is 9.70. The van der Waals surface area contributed by atoms with E-state index in [1.54, 1.807) is 25.1 Å². The number of furan rings is 1. The molecule has 6 nitrogen and oxygen atoms in total. The van der Waals surface area contributed by atoms with E-state index < -0.39 is 17.4 Å². The Morgan fingerprint density at radius 1 is 1.17 bits per heavy atom. The van der Waals surface area contributed by atoms with Gasteiger partial charge in [-0.05, 0) is 56.9 Å². The number of nitrogens with one attached hydrogen (secondary N) is 1. The lowest BCUT2D eigenvalue weighted by Gasteiger charge is -2.38. The van der Waals surface area contributed by atoms with Gasteiger partial charge in [0, 0.05) is 5.39 Å². The Morgan fingerprint density at radius 2 is 1.90 bits per heavy atom. The predicted molar refractivity (Wildman–Crippen MR) is 108 cm³/mol. The molecule has 1 unspecified atom stereocenters. The van der Waals surface area contributed by atoms with Gasteiger partial charge in [0.25, 0.3) is 5.91 Å². The Labute approximate surface area is 168 Å². The summed E-state index contributed by atoms with van der Waals surface area (Å²) in [5, 5.41) is 12.8. The van der Waals surface area contributed by atoms with Crippen LogP contribution in [0.3, 0.4) is 0 Å². The first kappa shape index (κ1) is 19.1. The third-order valence-electron chi connectivity index (χ3n) is 5.61. The van der Waals surface area contributed by atoms with E-state index in [0.29, 0.717) is 40.9 Å². The molecule has 1 atom stereocenters. The second kappa shape index (κ2) is 7.28. The predicted octanol–water partition coefficient (Wildman–Crippen LogP) is 4.62. The minimum atomic E-state index is -1.18. The monoisotopic (exact) mass is 393 g/mol. The van der Waals surface area contributed by atoms with Crippen molar-refractivity contribution >= 4 is 22.8 Å². The summed E-state index contributed by atoms with van der Waals surface area (Å²) in [6.07, 6.45) is 1.49. The summed E-state index contributed by atoms with van der Waals surface area (Å²) >= 11 is 0. The number of carbonyl (C=O) groups is 2. The number of ether oxygens (including phenoxy) is 1. The quantitative estimate of drug-likeness (QED) is 0.638. The number of amides is 1. The number of hydrogen-bond acceptors (Lipinski definition) is 4. The van der Waals surface area contributed by atoms with Crippen LogP contribution in [0.25, 0.3) is 11.0 Å². The average Bonchev–Trinajstić information content (AvgIpc) is 3.00. The lowest BCUT2D eigenvalue weighted by atomic mass is 9.76. The maximum atomic E-state index is 12.9. The Kier molecular flexibility index (Phi) is 4.78. The molecule has 1 amide bonds. The van der Waals surface area contributed by atoms with Gasteiger partial charge in [-0.2, -0.15) is 0 Å². The molecule has 1 saturated carbocycles. The average molecular weight is 393 g/mol. The fraction of sp³-hybridized carbons (Fsp3) is 0.304. The fourth-order valence-electron chi connectivity index (χ4n) is 3.75. The smallest absolute Gasteiger partial charge is 0.329 e. The number of aliphatic carboxylic acids is 1. The van der Waals surface area contributed by atoms with Crippen LogP contribution in [-0.4, -0.2) is 22.5 Å². The molecule has 1 aromatic heterocycles. The standard InChI is InChI=1S/C23H23NO5/c1-14(16-7-4-3-5-8-16)28-17-9-10-19-18(13-17)20(15(2)29-19)21(25)24-23(22(26)27)11-6-12-23/h3-5,7-10,13-14H,6,11-12H2,1-2H3,(H,24,25)(H,26,27). The molecule has 0 radical (unpaired) electrons. The van der Waals surface area contributed by atoms with Gasteiger partial charge in [0.05, 0.1) is 5.56 Å². The number of carbonyl (C=O) groups excluding carboxylic acids is 1. The van der Waals surface area contributed by atoms with Crippen LogP contribution in [-0.2, 0) is 4.79 Å². The third-order valence-corrected chi connectivity index (χ3v) is 5.61. The minimum absolute atomic E-state index is 0.163. The van der Waals surface area contributed by atoms with E-state index in [-0.39, 0.29) is 6.10 Å². The lowest BCUT2D eigenvalue weighted by Crippen LogP contribution is -2.59. The topological polar surface area (TPSA) is 88.8 Å². The van der Waals surface area contributed by atoms with Gasteiger partial charge in [-0.25, -0.2) is 4.79 Å². The van der Waals surface area contributed by atoms with E-state index in [9.17, 15) is 14.7 Å². The summed E-state index contributed by atoms with van der Waals surface area (Å²) in [6, 6.07) is 15.2. The number of aryl methyl sites for hydroxylation is 1. The van der Waals surface area contributed by atoms with Gasteiger partial charge in [-0.15, -0.1) is 0 Å². The van der Waals surface area contributed by atoms with E-state index in [4.69, 9.17) is 9.15 Å². The molecular weight excluding hydrogens is 370 g/mol. The molecule has 1 heterocycles. The Balaban J connectivity index is 1.63. The van der Waals surface area contributed by atoms with Crippen LogP contribution in [0.5, 0.6) is 5.75 Å². The zero-order chi connectivity index (χ0) is 20.6. The van der Waals surface area contributed by atoms with Crippen LogP contribution < -0.4 is 10.1 Å². The van der Waals surface area contributed by atoms with Crippen molar-refractivity contribution < 1.29 is 23.8 Å². The van der Waals surface area contributed by atoms with Crippen molar-refractivity contribution in [2.75, 3.05) is 0 Å².